The van der Waals surface area contributed by atoms with Crippen molar-refractivity contribution in [2.45, 2.75) is 32.6 Å². The molecular weight excluding hydrogens is 254 g/mol. The summed E-state index contributed by atoms with van der Waals surface area (Å²) in [5.41, 5.74) is 6.75. The molecule has 108 valence electrons. The first-order valence-electron chi connectivity index (χ1n) is 7.02. The summed E-state index contributed by atoms with van der Waals surface area (Å²) in [4.78, 5) is 25.0. The summed E-state index contributed by atoms with van der Waals surface area (Å²) >= 11 is 0. The largest absolute Gasteiger partial charge is 0.399 e. The van der Waals surface area contributed by atoms with Gasteiger partial charge in [0, 0.05) is 19.2 Å². The number of nitrogen functional groups attached to an aromatic ring is 1. The molecule has 1 aliphatic rings. The summed E-state index contributed by atoms with van der Waals surface area (Å²) in [7, 11) is 0. The number of hydrogen-bond donors (Lipinski definition) is 2. The van der Waals surface area contributed by atoms with Crippen LogP contribution in [0.4, 0.5) is 16.2 Å². The monoisotopic (exact) mass is 275 g/mol. The Kier molecular flexibility index (Phi) is 4.61. The Hall–Kier alpha value is -2.04. The highest BCUT2D eigenvalue weighted by molar-refractivity contribution is 6.13. The highest BCUT2D eigenvalue weighted by atomic mass is 16.2. The van der Waals surface area contributed by atoms with Gasteiger partial charge in [-0.15, -0.1) is 0 Å². The lowest BCUT2D eigenvalue weighted by Crippen LogP contribution is -2.44. The maximum Gasteiger partial charge on any atom is 0.328 e. The first kappa shape index (κ1) is 14.4. The van der Waals surface area contributed by atoms with Gasteiger partial charge in [-0.25, -0.2) is 9.69 Å². The fourth-order valence-corrected chi connectivity index (χ4v) is 2.59. The summed E-state index contributed by atoms with van der Waals surface area (Å²) in [5.74, 6) is 0.234. The van der Waals surface area contributed by atoms with Crippen LogP contribution >= 0.6 is 0 Å². The van der Waals surface area contributed by atoms with E-state index >= 15 is 0 Å². The van der Waals surface area contributed by atoms with Gasteiger partial charge in [-0.3, -0.25) is 4.79 Å². The molecular formula is C15H21N3O2. The minimum absolute atomic E-state index is 0.307. The van der Waals surface area contributed by atoms with Gasteiger partial charge in [-0.05, 0) is 43.0 Å². The van der Waals surface area contributed by atoms with Crippen molar-refractivity contribution in [1.29, 1.82) is 0 Å². The van der Waals surface area contributed by atoms with Crippen LogP contribution in [0, 0.1) is 5.92 Å². The number of urea groups is 1. The zero-order valence-corrected chi connectivity index (χ0v) is 11.8. The number of rotatable bonds is 3. The molecule has 1 aromatic rings. The van der Waals surface area contributed by atoms with Gasteiger partial charge in [0.2, 0.25) is 5.91 Å². The molecule has 3 amide bonds. The van der Waals surface area contributed by atoms with Crippen molar-refractivity contribution in [1.82, 2.24) is 5.32 Å². The van der Waals surface area contributed by atoms with E-state index in [0.29, 0.717) is 23.8 Å². The quantitative estimate of drug-likeness (QED) is 0.832. The van der Waals surface area contributed by atoms with E-state index < -0.39 is 0 Å². The van der Waals surface area contributed by atoms with E-state index in [1.54, 1.807) is 24.3 Å². The molecule has 1 fully saturated rings. The van der Waals surface area contributed by atoms with Gasteiger partial charge in [0.15, 0.2) is 0 Å². The van der Waals surface area contributed by atoms with Crippen molar-refractivity contribution in [3.05, 3.63) is 24.3 Å². The number of carbonyl (C=O) groups is 2. The molecule has 0 unspecified atom stereocenters. The number of nitrogens with two attached hydrogens (primary N) is 1. The third-order valence-corrected chi connectivity index (χ3v) is 3.69. The number of carbonyl (C=O) groups excluding carboxylic acids is 2. The van der Waals surface area contributed by atoms with Crippen LogP contribution < -0.4 is 16.0 Å². The Morgan fingerprint density at radius 3 is 2.40 bits per heavy atom. The molecule has 0 spiro atoms. The molecule has 0 aliphatic heterocycles. The second kappa shape index (κ2) is 6.41. The summed E-state index contributed by atoms with van der Waals surface area (Å²) in [6.45, 7) is 2.02. The third kappa shape index (κ3) is 3.50. The fraction of sp³-hybridized carbons (Fsp3) is 0.467. The summed E-state index contributed by atoms with van der Waals surface area (Å²) < 4.78 is 0. The van der Waals surface area contributed by atoms with Gasteiger partial charge in [0.05, 0.1) is 5.69 Å². The molecule has 0 aromatic heterocycles. The van der Waals surface area contributed by atoms with E-state index in [1.807, 2.05) is 0 Å². The Bertz CT molecular complexity index is 478. The third-order valence-electron chi connectivity index (χ3n) is 3.69. The van der Waals surface area contributed by atoms with E-state index in [2.05, 4.69) is 5.32 Å². The normalized spacial score (nSPS) is 15.1. The molecule has 1 saturated carbocycles. The smallest absolute Gasteiger partial charge is 0.328 e. The lowest BCUT2D eigenvalue weighted by molar-refractivity contribution is -0.115. The maximum absolute atomic E-state index is 12.2. The van der Waals surface area contributed by atoms with Crippen LogP contribution in [-0.2, 0) is 4.79 Å². The second-order valence-corrected chi connectivity index (χ2v) is 5.28. The molecule has 5 nitrogen and oxygen atoms in total. The number of amides is 3. The molecule has 1 aromatic carbocycles. The number of nitrogens with zero attached hydrogens (tertiary/aromatic N) is 1. The van der Waals surface area contributed by atoms with Gasteiger partial charge in [-0.1, -0.05) is 12.8 Å². The van der Waals surface area contributed by atoms with Crippen LogP contribution in [0.15, 0.2) is 24.3 Å². The predicted molar refractivity (Wildman–Crippen MR) is 79.4 cm³/mol. The van der Waals surface area contributed by atoms with Gasteiger partial charge < -0.3 is 11.1 Å². The van der Waals surface area contributed by atoms with Gasteiger partial charge in [0.1, 0.15) is 0 Å². The molecule has 0 saturated heterocycles. The zero-order chi connectivity index (χ0) is 14.5. The molecule has 0 radical (unpaired) electrons. The van der Waals surface area contributed by atoms with Crippen molar-refractivity contribution in [3.63, 3.8) is 0 Å². The lowest BCUT2D eigenvalue weighted by Gasteiger charge is -2.21. The summed E-state index contributed by atoms with van der Waals surface area (Å²) in [5, 5.41) is 2.85. The molecule has 20 heavy (non-hydrogen) atoms. The van der Waals surface area contributed by atoms with Crippen molar-refractivity contribution in [2.24, 2.45) is 5.92 Å². The number of benzene rings is 1. The molecule has 0 bridgehead atoms. The van der Waals surface area contributed by atoms with Crippen LogP contribution in [0.2, 0.25) is 0 Å². The maximum atomic E-state index is 12.2. The number of nitrogens with one attached hydrogen (secondary N) is 1. The Morgan fingerprint density at radius 1 is 1.25 bits per heavy atom. The van der Waals surface area contributed by atoms with E-state index in [1.165, 1.54) is 19.8 Å². The Balaban J connectivity index is 2.01. The zero-order valence-electron chi connectivity index (χ0n) is 11.8. The standard InChI is InChI=1S/C15H21N3O2/c1-11(19)18(14-8-6-13(16)7-9-14)15(20)17-10-12-4-2-3-5-12/h6-9,12H,2-5,10,16H2,1H3,(H,17,20). The molecule has 2 rings (SSSR count). The van der Waals surface area contributed by atoms with Crippen molar-refractivity contribution < 1.29 is 9.59 Å². The van der Waals surface area contributed by atoms with E-state index in [0.717, 1.165) is 17.7 Å². The van der Waals surface area contributed by atoms with E-state index in [-0.39, 0.29) is 11.9 Å². The first-order chi connectivity index (χ1) is 9.58. The lowest BCUT2D eigenvalue weighted by atomic mass is 10.1. The van der Waals surface area contributed by atoms with Crippen LogP contribution in [0.5, 0.6) is 0 Å². The fourth-order valence-electron chi connectivity index (χ4n) is 2.59. The van der Waals surface area contributed by atoms with E-state index in [4.69, 9.17) is 5.73 Å². The summed E-state index contributed by atoms with van der Waals surface area (Å²) in [6.07, 6.45) is 4.77. The van der Waals surface area contributed by atoms with Crippen molar-refractivity contribution in [3.8, 4) is 0 Å². The number of imide groups is 1. The molecule has 0 heterocycles. The highest BCUT2D eigenvalue weighted by Crippen LogP contribution is 2.24. The van der Waals surface area contributed by atoms with Crippen LogP contribution in [0.1, 0.15) is 32.6 Å². The van der Waals surface area contributed by atoms with Crippen LogP contribution in [0.3, 0.4) is 0 Å². The molecule has 5 heteroatoms. The van der Waals surface area contributed by atoms with Crippen molar-refractivity contribution >= 4 is 23.3 Å². The highest BCUT2D eigenvalue weighted by Gasteiger charge is 2.22. The van der Waals surface area contributed by atoms with Gasteiger partial charge in [-0.2, -0.15) is 0 Å². The molecule has 0 atom stereocenters. The Morgan fingerprint density at radius 2 is 1.85 bits per heavy atom. The average molecular weight is 275 g/mol. The van der Waals surface area contributed by atoms with Crippen LogP contribution in [0.25, 0.3) is 0 Å². The van der Waals surface area contributed by atoms with E-state index in [9.17, 15) is 9.59 Å². The second-order valence-electron chi connectivity index (χ2n) is 5.28. The number of anilines is 2. The minimum Gasteiger partial charge on any atom is -0.399 e. The predicted octanol–water partition coefficient (Wildman–Crippen LogP) is 2.52. The minimum atomic E-state index is -0.367. The molecule has 3 N–H and O–H groups in total. The topological polar surface area (TPSA) is 75.4 Å². The van der Waals surface area contributed by atoms with Gasteiger partial charge in [0.25, 0.3) is 0 Å². The number of hydrogen-bond acceptors (Lipinski definition) is 3. The Labute approximate surface area is 119 Å². The first-order valence-corrected chi connectivity index (χ1v) is 7.02. The molecule has 1 aliphatic carbocycles. The SMILES string of the molecule is CC(=O)N(C(=O)NCC1CCCC1)c1ccc(N)cc1. The average Bonchev–Trinajstić information content (AvgIpc) is 2.92. The van der Waals surface area contributed by atoms with Gasteiger partial charge >= 0.3 is 6.03 Å². The summed E-state index contributed by atoms with van der Waals surface area (Å²) in [6, 6.07) is 6.33. The van der Waals surface area contributed by atoms with Crippen molar-refractivity contribution in [2.75, 3.05) is 17.2 Å². The van der Waals surface area contributed by atoms with Crippen LogP contribution in [-0.4, -0.2) is 18.5 Å².